The van der Waals surface area contributed by atoms with Gasteiger partial charge in [-0.15, -0.1) is 11.3 Å². The van der Waals surface area contributed by atoms with Gasteiger partial charge in [-0.1, -0.05) is 18.2 Å². The van der Waals surface area contributed by atoms with Crippen molar-refractivity contribution in [3.63, 3.8) is 0 Å². The molecule has 1 aliphatic rings. The number of anilines is 2. The van der Waals surface area contributed by atoms with Gasteiger partial charge in [0.05, 0.1) is 16.5 Å². The largest absolute Gasteiger partial charge is 0.366 e. The van der Waals surface area contributed by atoms with E-state index in [1.165, 1.54) is 22.6 Å². The zero-order valence-electron chi connectivity index (χ0n) is 16.9. The maximum atomic E-state index is 12.2. The summed E-state index contributed by atoms with van der Waals surface area (Å²) in [5.41, 5.74) is 3.92. The van der Waals surface area contributed by atoms with E-state index in [1.54, 1.807) is 0 Å². The number of carbonyl (C=O) groups is 1. The van der Waals surface area contributed by atoms with Crippen LogP contribution in [0.4, 0.5) is 11.4 Å². The van der Waals surface area contributed by atoms with Crippen LogP contribution in [-0.2, 0) is 6.54 Å². The zero-order chi connectivity index (χ0) is 20.9. The van der Waals surface area contributed by atoms with Gasteiger partial charge >= 0.3 is 0 Å². The monoisotopic (exact) mass is 416 g/mol. The Hall–Kier alpha value is -3.14. The van der Waals surface area contributed by atoms with Crippen molar-refractivity contribution >= 4 is 28.6 Å². The average molecular weight is 417 g/mol. The summed E-state index contributed by atoms with van der Waals surface area (Å²) in [4.78, 5) is 17.8. The number of carbonyl (C=O) groups excluding carboxylic acids is 1. The molecule has 1 unspecified atom stereocenters. The summed E-state index contributed by atoms with van der Waals surface area (Å²) < 4.78 is 0. The first-order valence-electron chi connectivity index (χ1n) is 10.1. The number of hydrogen-bond acceptors (Lipinski definition) is 5. The van der Waals surface area contributed by atoms with Crippen LogP contribution in [0, 0.1) is 11.3 Å². The average Bonchev–Trinajstić information content (AvgIpc) is 3.30. The molecule has 0 aliphatic carbocycles. The highest BCUT2D eigenvalue weighted by atomic mass is 32.1. The van der Waals surface area contributed by atoms with Crippen molar-refractivity contribution in [1.82, 2.24) is 4.90 Å². The Bertz CT molecular complexity index is 1020. The van der Waals surface area contributed by atoms with Gasteiger partial charge in [0.15, 0.2) is 0 Å². The lowest BCUT2D eigenvalue weighted by atomic mass is 10.1. The van der Waals surface area contributed by atoms with E-state index in [4.69, 9.17) is 5.26 Å². The van der Waals surface area contributed by atoms with Crippen molar-refractivity contribution < 1.29 is 4.79 Å². The standard InChI is InChI=1S/C24H24N4OS/c1-18-16-27(17-20-6-4-19(15-25)5-7-20)12-13-28(18)22-10-8-21(9-11-22)26-24(29)23-3-2-14-30-23/h2-11,14,18H,12-13,16-17H2,1H3,(H,26,29). The molecule has 1 amide bonds. The fourth-order valence-corrected chi connectivity index (χ4v) is 4.46. The van der Waals surface area contributed by atoms with Gasteiger partial charge in [-0.2, -0.15) is 5.26 Å². The first-order chi connectivity index (χ1) is 14.6. The quantitative estimate of drug-likeness (QED) is 0.661. The molecule has 1 fully saturated rings. The highest BCUT2D eigenvalue weighted by Gasteiger charge is 2.24. The molecule has 0 radical (unpaired) electrons. The van der Waals surface area contributed by atoms with Gasteiger partial charge in [0.1, 0.15) is 0 Å². The number of nitrogens with zero attached hydrogens (tertiary/aromatic N) is 3. The molecular weight excluding hydrogens is 392 g/mol. The van der Waals surface area contributed by atoms with E-state index in [0.717, 1.165) is 31.9 Å². The summed E-state index contributed by atoms with van der Waals surface area (Å²) in [6.45, 7) is 6.07. The summed E-state index contributed by atoms with van der Waals surface area (Å²) in [5.74, 6) is -0.0671. The molecule has 1 N–H and O–H groups in total. The van der Waals surface area contributed by atoms with Crippen molar-refractivity contribution in [3.05, 3.63) is 82.0 Å². The number of piperazine rings is 1. The molecule has 1 aliphatic heterocycles. The number of amides is 1. The maximum absolute atomic E-state index is 12.2. The second-order valence-corrected chi connectivity index (χ2v) is 8.51. The molecule has 5 nitrogen and oxygen atoms in total. The fourth-order valence-electron chi connectivity index (χ4n) is 3.84. The Kier molecular flexibility index (Phi) is 6.12. The van der Waals surface area contributed by atoms with Gasteiger partial charge in [-0.05, 0) is 60.3 Å². The van der Waals surface area contributed by atoms with Crippen molar-refractivity contribution in [1.29, 1.82) is 5.26 Å². The van der Waals surface area contributed by atoms with Gasteiger partial charge in [-0.25, -0.2) is 0 Å². The zero-order valence-corrected chi connectivity index (χ0v) is 17.7. The predicted octanol–water partition coefficient (Wildman–Crippen LogP) is 4.58. The minimum atomic E-state index is -0.0671. The minimum absolute atomic E-state index is 0.0671. The second-order valence-electron chi connectivity index (χ2n) is 7.56. The molecule has 2 heterocycles. The number of hydrogen-bond donors (Lipinski definition) is 1. The highest BCUT2D eigenvalue weighted by Crippen LogP contribution is 2.24. The van der Waals surface area contributed by atoms with E-state index in [9.17, 15) is 4.79 Å². The topological polar surface area (TPSA) is 59.4 Å². The summed E-state index contributed by atoms with van der Waals surface area (Å²) in [5, 5.41) is 13.8. The Morgan fingerprint density at radius 2 is 1.90 bits per heavy atom. The van der Waals surface area contributed by atoms with E-state index >= 15 is 0 Å². The molecule has 6 heteroatoms. The Morgan fingerprint density at radius 1 is 1.13 bits per heavy atom. The Morgan fingerprint density at radius 3 is 2.53 bits per heavy atom. The molecular formula is C24H24N4OS. The molecule has 2 aromatic carbocycles. The molecule has 0 bridgehead atoms. The summed E-state index contributed by atoms with van der Waals surface area (Å²) in [7, 11) is 0. The third kappa shape index (κ3) is 4.70. The highest BCUT2D eigenvalue weighted by molar-refractivity contribution is 7.12. The van der Waals surface area contributed by atoms with Gasteiger partial charge in [0, 0.05) is 43.6 Å². The van der Waals surface area contributed by atoms with Crippen LogP contribution in [-0.4, -0.2) is 36.5 Å². The van der Waals surface area contributed by atoms with Gasteiger partial charge in [-0.3, -0.25) is 9.69 Å². The molecule has 30 heavy (non-hydrogen) atoms. The summed E-state index contributed by atoms with van der Waals surface area (Å²) in [6, 6.07) is 22.2. The number of nitriles is 1. The van der Waals surface area contributed by atoms with Crippen LogP contribution in [0.25, 0.3) is 0 Å². The lowest BCUT2D eigenvalue weighted by molar-refractivity contribution is 0.103. The van der Waals surface area contributed by atoms with E-state index in [-0.39, 0.29) is 5.91 Å². The number of benzene rings is 2. The van der Waals surface area contributed by atoms with Gasteiger partial charge < -0.3 is 10.2 Å². The smallest absolute Gasteiger partial charge is 0.265 e. The Balaban J connectivity index is 1.34. The number of nitrogens with one attached hydrogen (secondary N) is 1. The summed E-state index contributed by atoms with van der Waals surface area (Å²) >= 11 is 1.44. The lowest BCUT2D eigenvalue weighted by Crippen LogP contribution is -2.51. The molecule has 152 valence electrons. The molecule has 1 saturated heterocycles. The molecule has 3 aromatic rings. The van der Waals surface area contributed by atoms with Crippen molar-refractivity contribution in [2.45, 2.75) is 19.5 Å². The minimum Gasteiger partial charge on any atom is -0.366 e. The third-order valence-corrected chi connectivity index (χ3v) is 6.27. The maximum Gasteiger partial charge on any atom is 0.265 e. The summed E-state index contributed by atoms with van der Waals surface area (Å²) in [6.07, 6.45) is 0. The van der Waals surface area contributed by atoms with Crippen LogP contribution in [0.2, 0.25) is 0 Å². The molecule has 0 spiro atoms. The first kappa shape index (κ1) is 20.1. The van der Waals surface area contributed by atoms with Crippen LogP contribution >= 0.6 is 11.3 Å². The fraction of sp³-hybridized carbons (Fsp3) is 0.250. The number of thiophene rings is 1. The van der Waals surface area contributed by atoms with Gasteiger partial charge in [0.25, 0.3) is 5.91 Å². The molecule has 4 rings (SSSR count). The van der Waals surface area contributed by atoms with E-state index in [1.807, 2.05) is 53.9 Å². The molecule has 1 aromatic heterocycles. The second kappa shape index (κ2) is 9.12. The number of rotatable bonds is 5. The third-order valence-electron chi connectivity index (χ3n) is 5.40. The van der Waals surface area contributed by atoms with Crippen LogP contribution in [0.15, 0.2) is 66.0 Å². The van der Waals surface area contributed by atoms with Crippen LogP contribution in [0.3, 0.4) is 0 Å². The van der Waals surface area contributed by atoms with Crippen LogP contribution < -0.4 is 10.2 Å². The Labute approximate surface area is 181 Å². The van der Waals surface area contributed by atoms with E-state index < -0.39 is 0 Å². The predicted molar refractivity (Wildman–Crippen MR) is 122 cm³/mol. The first-order valence-corrected chi connectivity index (χ1v) is 10.9. The SMILES string of the molecule is CC1CN(Cc2ccc(C#N)cc2)CCN1c1ccc(NC(=O)c2cccs2)cc1. The van der Waals surface area contributed by atoms with Crippen molar-refractivity contribution in [2.75, 3.05) is 29.9 Å². The van der Waals surface area contributed by atoms with Crippen molar-refractivity contribution in [3.8, 4) is 6.07 Å². The molecule has 0 saturated carbocycles. The van der Waals surface area contributed by atoms with Gasteiger partial charge in [0.2, 0.25) is 0 Å². The lowest BCUT2D eigenvalue weighted by Gasteiger charge is -2.41. The molecule has 1 atom stereocenters. The van der Waals surface area contributed by atoms with Crippen LogP contribution in [0.1, 0.15) is 27.7 Å². The van der Waals surface area contributed by atoms with E-state index in [2.05, 4.69) is 40.2 Å². The van der Waals surface area contributed by atoms with Crippen molar-refractivity contribution in [2.24, 2.45) is 0 Å². The van der Waals surface area contributed by atoms with Crippen LogP contribution in [0.5, 0.6) is 0 Å². The van der Waals surface area contributed by atoms with E-state index in [0.29, 0.717) is 16.5 Å². The normalized spacial score (nSPS) is 16.8.